The maximum absolute atomic E-state index is 12.1. The molecule has 2 rings (SSSR count). The minimum atomic E-state index is 0.0938. The molecule has 1 nitrogen and oxygen atoms in total. The lowest BCUT2D eigenvalue weighted by molar-refractivity contribution is 0.104. The third-order valence-electron chi connectivity index (χ3n) is 1.96. The van der Waals surface area contributed by atoms with Crippen molar-refractivity contribution in [3.05, 3.63) is 41.1 Å². The minimum Gasteiger partial charge on any atom is -0.288 e. The van der Waals surface area contributed by atoms with Crippen molar-refractivity contribution in [2.45, 2.75) is 6.92 Å². The van der Waals surface area contributed by atoms with E-state index in [4.69, 9.17) is 0 Å². The summed E-state index contributed by atoms with van der Waals surface area (Å²) < 4.78 is 1.87. The lowest BCUT2D eigenvalue weighted by atomic mass is 10.1. The van der Waals surface area contributed by atoms with Crippen molar-refractivity contribution in [2.75, 3.05) is 0 Å². The first-order valence-electron chi connectivity index (χ1n) is 4.13. The second-order valence-electron chi connectivity index (χ2n) is 2.95. The molecule has 0 aliphatic carbocycles. The average molecular weight is 366 g/mol. The van der Waals surface area contributed by atoms with E-state index in [0.29, 0.717) is 0 Å². The molecule has 0 bridgehead atoms. The summed E-state index contributed by atoms with van der Waals surface area (Å²) in [7, 11) is 0. The van der Waals surface area contributed by atoms with Crippen LogP contribution in [0.3, 0.4) is 0 Å². The first-order chi connectivity index (χ1) is 7.09. The third kappa shape index (κ3) is 2.25. The largest absolute Gasteiger partial charge is 0.288 e. The zero-order valence-electron chi connectivity index (χ0n) is 7.71. The summed E-state index contributed by atoms with van der Waals surface area (Å²) in [5.74, 6) is 0.0938. The Morgan fingerprint density at radius 2 is 2.13 bits per heavy atom. The van der Waals surface area contributed by atoms with Crippen LogP contribution in [0.2, 0.25) is 0 Å². The van der Waals surface area contributed by atoms with Gasteiger partial charge in [-0.15, -0.1) is 22.7 Å². The van der Waals surface area contributed by atoms with Gasteiger partial charge < -0.3 is 0 Å². The molecule has 78 valence electrons. The van der Waals surface area contributed by atoms with Crippen LogP contribution in [0.5, 0.6) is 0 Å². The number of ketones is 1. The summed E-state index contributed by atoms with van der Waals surface area (Å²) in [6.45, 7) is 1.96. The zero-order chi connectivity index (χ0) is 11.0. The van der Waals surface area contributed by atoms with Crippen LogP contribution >= 0.6 is 54.5 Å². The number of halogens is 2. The fourth-order valence-corrected chi connectivity index (χ4v) is 4.44. The Kier molecular flexibility index (Phi) is 3.45. The molecule has 0 saturated heterocycles. The molecule has 2 aromatic heterocycles. The van der Waals surface area contributed by atoms with Crippen molar-refractivity contribution in [1.29, 1.82) is 0 Å². The Morgan fingerprint density at radius 3 is 2.60 bits per heavy atom. The van der Waals surface area contributed by atoms with Gasteiger partial charge in [0.1, 0.15) is 0 Å². The van der Waals surface area contributed by atoms with Gasteiger partial charge in [0.2, 0.25) is 5.78 Å². The highest BCUT2D eigenvalue weighted by Gasteiger charge is 2.17. The number of aryl methyl sites for hydroxylation is 1. The average Bonchev–Trinajstić information content (AvgIpc) is 2.71. The fourth-order valence-electron chi connectivity index (χ4n) is 1.25. The second-order valence-corrected chi connectivity index (χ2v) is 7.35. The van der Waals surface area contributed by atoms with E-state index in [9.17, 15) is 4.79 Å². The lowest BCUT2D eigenvalue weighted by Gasteiger charge is -1.96. The topological polar surface area (TPSA) is 17.1 Å². The molecule has 0 N–H and O–H groups in total. The highest BCUT2D eigenvalue weighted by atomic mass is 79.9. The Morgan fingerprint density at radius 1 is 1.40 bits per heavy atom. The SMILES string of the molecule is Cc1sc(Br)cc1C(=O)c1sccc1Br. The number of hydrogen-bond donors (Lipinski definition) is 0. The molecule has 15 heavy (non-hydrogen) atoms. The van der Waals surface area contributed by atoms with Crippen molar-refractivity contribution < 1.29 is 4.79 Å². The van der Waals surface area contributed by atoms with E-state index in [-0.39, 0.29) is 5.78 Å². The monoisotopic (exact) mass is 364 g/mol. The number of hydrogen-bond acceptors (Lipinski definition) is 3. The Balaban J connectivity index is 2.45. The standard InChI is InChI=1S/C10H6Br2OS2/c1-5-6(4-8(12)15-5)9(13)10-7(11)2-3-14-10/h2-4H,1H3. The van der Waals surface area contributed by atoms with Crippen molar-refractivity contribution >= 4 is 60.3 Å². The number of thiophene rings is 2. The quantitative estimate of drug-likeness (QED) is 0.693. The first-order valence-corrected chi connectivity index (χ1v) is 7.41. The van der Waals surface area contributed by atoms with Crippen molar-refractivity contribution in [2.24, 2.45) is 0 Å². The van der Waals surface area contributed by atoms with Gasteiger partial charge in [-0.1, -0.05) is 0 Å². The summed E-state index contributed by atoms with van der Waals surface area (Å²) in [4.78, 5) is 13.9. The molecule has 0 aliphatic rings. The highest BCUT2D eigenvalue weighted by molar-refractivity contribution is 9.11. The normalized spacial score (nSPS) is 10.6. The van der Waals surface area contributed by atoms with Gasteiger partial charge in [0.25, 0.3) is 0 Å². The van der Waals surface area contributed by atoms with Crippen LogP contribution in [0.4, 0.5) is 0 Å². The van der Waals surface area contributed by atoms with Gasteiger partial charge in [-0.05, 0) is 56.3 Å². The molecule has 5 heteroatoms. The lowest BCUT2D eigenvalue weighted by Crippen LogP contribution is -1.98. The third-order valence-corrected chi connectivity index (χ3v) is 5.35. The van der Waals surface area contributed by atoms with Crippen LogP contribution in [0.1, 0.15) is 20.1 Å². The van der Waals surface area contributed by atoms with E-state index in [1.165, 1.54) is 11.3 Å². The van der Waals surface area contributed by atoms with Crippen LogP contribution in [0, 0.1) is 6.92 Å². The van der Waals surface area contributed by atoms with Gasteiger partial charge in [0, 0.05) is 14.9 Å². The highest BCUT2D eigenvalue weighted by Crippen LogP contribution is 2.31. The summed E-state index contributed by atoms with van der Waals surface area (Å²) in [5.41, 5.74) is 0.787. The maximum Gasteiger partial charge on any atom is 0.205 e. The fraction of sp³-hybridized carbons (Fsp3) is 0.100. The van der Waals surface area contributed by atoms with Gasteiger partial charge in [0.05, 0.1) is 8.66 Å². The molecule has 0 spiro atoms. The van der Waals surface area contributed by atoms with Gasteiger partial charge >= 0.3 is 0 Å². The smallest absolute Gasteiger partial charge is 0.205 e. The van der Waals surface area contributed by atoms with Crippen molar-refractivity contribution in [3.63, 3.8) is 0 Å². The summed E-state index contributed by atoms with van der Waals surface area (Å²) in [6, 6.07) is 3.78. The maximum atomic E-state index is 12.1. The van der Waals surface area contributed by atoms with E-state index in [1.54, 1.807) is 11.3 Å². The molecule has 0 atom stereocenters. The molecular weight excluding hydrogens is 360 g/mol. The van der Waals surface area contributed by atoms with Gasteiger partial charge in [-0.25, -0.2) is 0 Å². The van der Waals surface area contributed by atoms with E-state index in [0.717, 1.165) is 23.6 Å². The molecule has 0 aliphatic heterocycles. The Bertz CT molecular complexity index is 513. The van der Waals surface area contributed by atoms with Crippen LogP contribution in [0.15, 0.2) is 25.8 Å². The van der Waals surface area contributed by atoms with E-state index >= 15 is 0 Å². The van der Waals surface area contributed by atoms with E-state index < -0.39 is 0 Å². The first kappa shape index (κ1) is 11.5. The number of rotatable bonds is 2. The summed E-state index contributed by atoms with van der Waals surface area (Å²) in [5, 5.41) is 1.91. The number of carbonyl (C=O) groups excluding carboxylic acids is 1. The Hall–Kier alpha value is 0.0300. The predicted octanol–water partition coefficient (Wildman–Crippen LogP) is 4.87. The van der Waals surface area contributed by atoms with Crippen LogP contribution < -0.4 is 0 Å². The van der Waals surface area contributed by atoms with Gasteiger partial charge in [-0.3, -0.25) is 4.79 Å². The molecule has 0 radical (unpaired) electrons. The van der Waals surface area contributed by atoms with Crippen molar-refractivity contribution in [1.82, 2.24) is 0 Å². The molecule has 2 aromatic rings. The zero-order valence-corrected chi connectivity index (χ0v) is 12.5. The molecule has 0 saturated carbocycles. The van der Waals surface area contributed by atoms with E-state index in [2.05, 4.69) is 31.9 Å². The molecule has 0 amide bonds. The molecule has 0 aromatic carbocycles. The minimum absolute atomic E-state index is 0.0938. The molecule has 0 fully saturated rings. The van der Waals surface area contributed by atoms with Crippen LogP contribution in [-0.4, -0.2) is 5.78 Å². The Labute approximate surface area is 112 Å². The van der Waals surface area contributed by atoms with Gasteiger partial charge in [-0.2, -0.15) is 0 Å². The predicted molar refractivity (Wildman–Crippen MR) is 72.2 cm³/mol. The molecule has 2 heterocycles. The second kappa shape index (κ2) is 4.49. The van der Waals surface area contributed by atoms with E-state index in [1.807, 2.05) is 24.4 Å². The molecule has 0 unspecified atom stereocenters. The summed E-state index contributed by atoms with van der Waals surface area (Å²) in [6.07, 6.45) is 0. The summed E-state index contributed by atoms with van der Waals surface area (Å²) >= 11 is 9.82. The van der Waals surface area contributed by atoms with Crippen LogP contribution in [-0.2, 0) is 0 Å². The van der Waals surface area contributed by atoms with Crippen molar-refractivity contribution in [3.8, 4) is 0 Å². The van der Waals surface area contributed by atoms with Crippen LogP contribution in [0.25, 0.3) is 0 Å². The molecular formula is C10H6Br2OS2. The van der Waals surface area contributed by atoms with Gasteiger partial charge in [0.15, 0.2) is 0 Å². The number of carbonyl (C=O) groups is 1.